The number of amides is 1. The molecule has 3 heterocycles. The summed E-state index contributed by atoms with van der Waals surface area (Å²) in [5.74, 6) is -3.39. The van der Waals surface area contributed by atoms with Gasteiger partial charge in [0.25, 0.3) is 5.67 Å². The molecule has 9 nitrogen and oxygen atoms in total. The molecule has 9 atom stereocenters. The zero-order valence-corrected chi connectivity index (χ0v) is 28.6. The normalized spacial score (nSPS) is 36.8. The second kappa shape index (κ2) is 13.8. The smallest absolute Gasteiger partial charge is 0.408 e. The van der Waals surface area contributed by atoms with Gasteiger partial charge in [-0.25, -0.2) is 14.0 Å². The van der Waals surface area contributed by atoms with E-state index >= 15 is 4.39 Å². The van der Waals surface area contributed by atoms with E-state index in [-0.39, 0.29) is 25.0 Å². The minimum atomic E-state index is -2.92. The lowest BCUT2D eigenvalue weighted by Gasteiger charge is -2.42. The van der Waals surface area contributed by atoms with Crippen molar-refractivity contribution in [1.82, 2.24) is 15.2 Å². The number of likely N-dealkylation sites (N-methyl/N-ethyl adjacent to an activating group) is 1. The molecule has 2 saturated heterocycles. The van der Waals surface area contributed by atoms with E-state index in [0.29, 0.717) is 13.0 Å². The number of rotatable bonds is 5. The van der Waals surface area contributed by atoms with Gasteiger partial charge in [0.05, 0.1) is 23.8 Å². The molecule has 0 spiro atoms. The molecule has 1 aromatic heterocycles. The van der Waals surface area contributed by atoms with Crippen LogP contribution in [0.15, 0.2) is 42.6 Å². The average molecular weight is 638 g/mol. The quantitative estimate of drug-likeness (QED) is 0.280. The first-order valence-electron chi connectivity index (χ1n) is 16.3. The summed E-state index contributed by atoms with van der Waals surface area (Å²) in [6.07, 6.45) is 4.87. The molecular formula is C35H49BFN3O6. The molecule has 0 bridgehead atoms. The molecule has 1 N–H and O–H groups in total. The van der Waals surface area contributed by atoms with Crippen LogP contribution >= 0.6 is 0 Å². The Morgan fingerprint density at radius 1 is 1.17 bits per heavy atom. The molecule has 1 aromatic carbocycles. The number of nitrogens with zero attached hydrogens (tertiary/aromatic N) is 2. The Labute approximate surface area is 273 Å². The Bertz CT molecular complexity index is 1470. The van der Waals surface area contributed by atoms with Crippen LogP contribution in [0.2, 0.25) is 5.82 Å². The number of alkyl carbamates (subject to hydrolysis) is 1. The van der Waals surface area contributed by atoms with Crippen LogP contribution in [-0.4, -0.2) is 90.8 Å². The van der Waals surface area contributed by atoms with Gasteiger partial charge in [-0.05, 0) is 77.0 Å². The van der Waals surface area contributed by atoms with Gasteiger partial charge in [0.2, 0.25) is 0 Å². The number of para-hydroxylation sites is 1. The van der Waals surface area contributed by atoms with Crippen LogP contribution in [0.5, 0.6) is 0 Å². The number of halogens is 1. The first-order valence-corrected chi connectivity index (χ1v) is 16.3. The molecule has 11 heteroatoms. The number of pyridine rings is 1. The summed E-state index contributed by atoms with van der Waals surface area (Å²) >= 11 is 0. The highest BCUT2D eigenvalue weighted by atomic mass is 19.1. The molecule has 4 rings (SSSR count). The predicted octanol–water partition coefficient (Wildman–Crippen LogP) is 4.93. The fourth-order valence-electron chi connectivity index (χ4n) is 7.21. The van der Waals surface area contributed by atoms with E-state index in [1.54, 1.807) is 27.0 Å². The van der Waals surface area contributed by atoms with E-state index in [1.165, 1.54) is 0 Å². The van der Waals surface area contributed by atoms with E-state index in [1.807, 2.05) is 65.2 Å². The number of cyclic esters (lactones) is 1. The Morgan fingerprint density at radius 2 is 1.87 bits per heavy atom. The van der Waals surface area contributed by atoms with Gasteiger partial charge in [-0.15, -0.1) is 0 Å². The summed E-state index contributed by atoms with van der Waals surface area (Å²) in [6, 6.07) is 9.17. The first kappa shape index (κ1) is 35.5. The van der Waals surface area contributed by atoms with Crippen LogP contribution < -0.4 is 5.32 Å². The van der Waals surface area contributed by atoms with Gasteiger partial charge in [0.15, 0.2) is 11.4 Å². The van der Waals surface area contributed by atoms with Gasteiger partial charge in [-0.2, -0.15) is 0 Å². The molecular weight excluding hydrogens is 588 g/mol. The molecule has 250 valence electrons. The van der Waals surface area contributed by atoms with Crippen molar-refractivity contribution in [3.05, 3.63) is 48.2 Å². The number of carbonyl (C=O) groups is 3. The van der Waals surface area contributed by atoms with E-state index in [9.17, 15) is 14.4 Å². The van der Waals surface area contributed by atoms with E-state index in [0.717, 1.165) is 23.4 Å². The molecule has 2 aliphatic heterocycles. The Hall–Kier alpha value is -3.31. The number of esters is 1. The van der Waals surface area contributed by atoms with Gasteiger partial charge in [0.1, 0.15) is 14.0 Å². The second-order valence-electron chi connectivity index (χ2n) is 13.9. The topological polar surface area (TPSA) is 107 Å². The fourth-order valence-corrected chi connectivity index (χ4v) is 7.21. The van der Waals surface area contributed by atoms with Gasteiger partial charge in [-0.3, -0.25) is 9.78 Å². The third kappa shape index (κ3) is 7.15. The van der Waals surface area contributed by atoms with Crippen molar-refractivity contribution in [3.8, 4) is 0 Å². The number of alkyl halides is 1. The summed E-state index contributed by atoms with van der Waals surface area (Å²) in [5.41, 5.74) is -3.19. The highest BCUT2D eigenvalue weighted by Crippen LogP contribution is 2.41. The number of benzene rings is 1. The van der Waals surface area contributed by atoms with Crippen LogP contribution in [0.4, 0.5) is 9.18 Å². The van der Waals surface area contributed by atoms with Crippen LogP contribution in [0.1, 0.15) is 66.9 Å². The summed E-state index contributed by atoms with van der Waals surface area (Å²) in [7, 11) is 3.85. The van der Waals surface area contributed by atoms with Crippen molar-refractivity contribution in [2.24, 2.45) is 11.8 Å². The summed E-state index contributed by atoms with van der Waals surface area (Å²) < 4.78 is 34.2. The van der Waals surface area contributed by atoms with Gasteiger partial charge >= 0.3 is 12.1 Å². The fraction of sp³-hybridized carbons (Fsp3) is 0.600. The van der Waals surface area contributed by atoms with E-state index < -0.39 is 58.6 Å². The highest BCUT2D eigenvalue weighted by molar-refractivity contribution is 6.17. The zero-order valence-electron chi connectivity index (χ0n) is 28.6. The number of ketones is 1. The number of hydrogen-bond acceptors (Lipinski definition) is 8. The average Bonchev–Trinajstić information content (AvgIpc) is 3.33. The monoisotopic (exact) mass is 637 g/mol. The van der Waals surface area contributed by atoms with Crippen molar-refractivity contribution in [2.45, 2.75) is 102 Å². The van der Waals surface area contributed by atoms with Crippen molar-refractivity contribution >= 4 is 42.7 Å². The highest BCUT2D eigenvalue weighted by Gasteiger charge is 2.57. The van der Waals surface area contributed by atoms with Crippen molar-refractivity contribution < 1.29 is 33.0 Å². The summed E-state index contributed by atoms with van der Waals surface area (Å²) in [4.78, 5) is 46.3. The van der Waals surface area contributed by atoms with E-state index in [2.05, 4.69) is 28.2 Å². The number of nitrogens with one attached hydrogen (secondary N) is 1. The van der Waals surface area contributed by atoms with Crippen molar-refractivity contribution in [1.29, 1.82) is 0 Å². The van der Waals surface area contributed by atoms with Gasteiger partial charge in [-0.1, -0.05) is 51.1 Å². The number of Topliss-reactive ketones (excluding diaryl/α,β-unsaturated/α-hetero) is 1. The molecule has 0 radical (unpaired) electrons. The minimum absolute atomic E-state index is 0.0851. The maximum absolute atomic E-state index is 16.2. The van der Waals surface area contributed by atoms with Crippen LogP contribution in [0.25, 0.3) is 17.0 Å². The van der Waals surface area contributed by atoms with Crippen LogP contribution in [-0.2, 0) is 23.8 Å². The minimum Gasteiger partial charge on any atom is -0.455 e. The van der Waals surface area contributed by atoms with Gasteiger partial charge in [0, 0.05) is 30.1 Å². The standard InChI is InChI=1S/C35H49BFN3O6/c1-9-27-35(7)29(39-32(43)46-35)23(4)40(8)20-21(2)18-33(5,28(36)22(3)30(41)34(6,37)31(42)45-27)44-16-12-13-24-17-25-14-10-11-15-26(25)38-19-24/h10-15,17,19,21-23,27-29H,9,16,18,20,36H2,1-8H3,(H,39,43)/b13-12+/t21-,22-,23-,27-,28-,29-,33-,34+,35-/m1/s1. The van der Waals surface area contributed by atoms with Crippen molar-refractivity contribution in [2.75, 3.05) is 20.2 Å². The third-order valence-corrected chi connectivity index (χ3v) is 10.4. The molecule has 1 amide bonds. The predicted molar refractivity (Wildman–Crippen MR) is 179 cm³/mol. The molecule has 46 heavy (non-hydrogen) atoms. The van der Waals surface area contributed by atoms with Crippen LogP contribution in [0, 0.1) is 11.8 Å². The Balaban J connectivity index is 1.64. The summed E-state index contributed by atoms with van der Waals surface area (Å²) in [6.45, 7) is 13.0. The number of carbonyl (C=O) groups excluding carboxylic acids is 3. The number of aromatic nitrogens is 1. The molecule has 0 aliphatic carbocycles. The lowest BCUT2D eigenvalue weighted by molar-refractivity contribution is -0.179. The Morgan fingerprint density at radius 3 is 2.57 bits per heavy atom. The first-order chi connectivity index (χ1) is 21.5. The van der Waals surface area contributed by atoms with Crippen molar-refractivity contribution in [3.63, 3.8) is 0 Å². The molecule has 0 unspecified atom stereocenters. The molecule has 2 aromatic rings. The summed E-state index contributed by atoms with van der Waals surface area (Å²) in [5, 5.41) is 3.93. The number of ether oxygens (including phenoxy) is 3. The van der Waals surface area contributed by atoms with Gasteiger partial charge < -0.3 is 24.4 Å². The number of hydrogen-bond donors (Lipinski definition) is 1. The third-order valence-electron chi connectivity index (χ3n) is 10.4. The largest absolute Gasteiger partial charge is 0.455 e. The molecule has 0 saturated carbocycles. The lowest BCUT2D eigenvalue weighted by Crippen LogP contribution is -2.60. The number of fused-ring (bicyclic) bond motifs is 2. The lowest BCUT2D eigenvalue weighted by atomic mass is 9.62. The van der Waals surface area contributed by atoms with Crippen LogP contribution in [0.3, 0.4) is 0 Å². The maximum Gasteiger partial charge on any atom is 0.408 e. The molecule has 2 aliphatic rings. The zero-order chi connectivity index (χ0) is 34.0. The van der Waals surface area contributed by atoms with E-state index in [4.69, 9.17) is 14.2 Å². The SMILES string of the molecule is B[C@@H]1[C@@H](C)C(=O)[C@](C)(F)C(=O)O[C@H](CC)[C@@]2(C)OC(=O)N[C@@H]2[C@@H](C)N(C)C[C@H](C)C[C@@]1(C)OC/C=C/c1cnc2ccccc2c1. The molecule has 2 fully saturated rings. The maximum atomic E-state index is 16.2. The Kier molecular flexibility index (Phi) is 10.7. The second-order valence-corrected chi connectivity index (χ2v) is 13.9.